The Balaban J connectivity index is 2.67. The van der Waals surface area contributed by atoms with Crippen molar-refractivity contribution < 1.29 is 14.3 Å². The summed E-state index contributed by atoms with van der Waals surface area (Å²) in [6.07, 6.45) is 0. The van der Waals surface area contributed by atoms with Crippen LogP contribution in [0.25, 0.3) is 10.1 Å². The first-order valence-electron chi connectivity index (χ1n) is 5.29. The van der Waals surface area contributed by atoms with Gasteiger partial charge in [-0.25, -0.2) is 0 Å². The molecule has 0 bridgehead atoms. The fraction of sp³-hybridized carbons (Fsp3) is 0.308. The van der Waals surface area contributed by atoms with Crippen molar-refractivity contribution >= 4 is 27.4 Å². The number of methoxy groups -OCH3 is 1. The first-order chi connectivity index (χ1) is 8.04. The molecule has 0 atom stereocenters. The molecule has 0 unspecified atom stereocenters. The van der Waals surface area contributed by atoms with Crippen LogP contribution in [0.5, 0.6) is 11.5 Å². The van der Waals surface area contributed by atoms with E-state index in [1.807, 2.05) is 26.0 Å². The molecule has 0 fully saturated rings. The van der Waals surface area contributed by atoms with E-state index in [0.29, 0.717) is 5.75 Å². The summed E-state index contributed by atoms with van der Waals surface area (Å²) < 4.78 is 11.6. The largest absolute Gasteiger partial charge is 0.496 e. The number of aryl methyl sites for hydroxylation is 2. The Labute approximate surface area is 104 Å². The summed E-state index contributed by atoms with van der Waals surface area (Å²) in [5.41, 5.74) is 1.08. The van der Waals surface area contributed by atoms with Crippen LogP contribution in [-0.4, -0.2) is 13.1 Å². The molecule has 0 spiro atoms. The van der Waals surface area contributed by atoms with E-state index in [0.717, 1.165) is 26.3 Å². The Kier molecular flexibility index (Phi) is 3.07. The van der Waals surface area contributed by atoms with Gasteiger partial charge in [-0.05, 0) is 26.0 Å². The van der Waals surface area contributed by atoms with Crippen molar-refractivity contribution in [2.75, 3.05) is 7.11 Å². The second-order valence-corrected chi connectivity index (χ2v) is 5.08. The van der Waals surface area contributed by atoms with Crippen LogP contribution in [0.2, 0.25) is 0 Å². The Morgan fingerprint density at radius 1 is 1.29 bits per heavy atom. The van der Waals surface area contributed by atoms with Gasteiger partial charge in [0.05, 0.1) is 7.11 Å². The van der Waals surface area contributed by atoms with Crippen molar-refractivity contribution in [1.82, 2.24) is 0 Å². The molecule has 0 aliphatic heterocycles. The maximum absolute atomic E-state index is 11.1. The molecular formula is C13H14O3S. The first kappa shape index (κ1) is 11.9. The second kappa shape index (κ2) is 4.37. The third-order valence-corrected chi connectivity index (χ3v) is 3.86. The zero-order chi connectivity index (χ0) is 12.6. The van der Waals surface area contributed by atoms with Crippen molar-refractivity contribution in [1.29, 1.82) is 0 Å². The third kappa shape index (κ3) is 2.00. The Hall–Kier alpha value is -1.55. The lowest BCUT2D eigenvalue weighted by Gasteiger charge is -2.05. The molecule has 2 rings (SSSR count). The molecule has 17 heavy (non-hydrogen) atoms. The van der Waals surface area contributed by atoms with Crippen molar-refractivity contribution in [3.63, 3.8) is 0 Å². The minimum atomic E-state index is -0.290. The molecule has 1 aromatic carbocycles. The molecule has 4 heteroatoms. The first-order valence-corrected chi connectivity index (χ1v) is 6.11. The summed E-state index contributed by atoms with van der Waals surface area (Å²) in [6, 6.07) is 3.83. The fourth-order valence-corrected chi connectivity index (χ4v) is 2.94. The molecule has 0 saturated carbocycles. The van der Waals surface area contributed by atoms with E-state index < -0.39 is 0 Å². The van der Waals surface area contributed by atoms with E-state index in [9.17, 15) is 4.79 Å². The van der Waals surface area contributed by atoms with Gasteiger partial charge in [0.25, 0.3) is 0 Å². The predicted molar refractivity (Wildman–Crippen MR) is 69.2 cm³/mol. The summed E-state index contributed by atoms with van der Waals surface area (Å²) in [4.78, 5) is 12.1. The van der Waals surface area contributed by atoms with Crippen LogP contribution >= 0.6 is 11.3 Å². The summed E-state index contributed by atoms with van der Waals surface area (Å²) >= 11 is 1.62. The molecular weight excluding hydrogens is 236 g/mol. The normalized spacial score (nSPS) is 10.6. The minimum Gasteiger partial charge on any atom is -0.496 e. The maximum Gasteiger partial charge on any atom is 0.308 e. The smallest absolute Gasteiger partial charge is 0.308 e. The molecule has 0 aliphatic carbocycles. The number of hydrogen-bond acceptors (Lipinski definition) is 4. The van der Waals surface area contributed by atoms with Gasteiger partial charge < -0.3 is 9.47 Å². The van der Waals surface area contributed by atoms with Gasteiger partial charge in [-0.15, -0.1) is 11.3 Å². The summed E-state index contributed by atoms with van der Waals surface area (Å²) in [7, 11) is 1.65. The highest BCUT2D eigenvalue weighted by Crippen LogP contribution is 2.41. The summed E-state index contributed by atoms with van der Waals surface area (Å²) in [6.45, 7) is 5.38. The lowest BCUT2D eigenvalue weighted by Crippen LogP contribution is -2.01. The summed E-state index contributed by atoms with van der Waals surface area (Å²) in [5.74, 6) is 1.23. The second-order valence-electron chi connectivity index (χ2n) is 3.85. The minimum absolute atomic E-state index is 0.290. The van der Waals surface area contributed by atoms with E-state index in [2.05, 4.69) is 0 Å². The Bertz CT molecular complexity index is 584. The SMILES string of the molecule is COc1ccc2c(OC(C)=O)c(C)sc2c1C. The molecule has 0 saturated heterocycles. The highest BCUT2D eigenvalue weighted by Gasteiger charge is 2.15. The van der Waals surface area contributed by atoms with E-state index in [1.54, 1.807) is 18.4 Å². The average Bonchev–Trinajstić information content (AvgIpc) is 2.57. The van der Waals surface area contributed by atoms with Crippen LogP contribution in [0, 0.1) is 13.8 Å². The molecule has 0 aliphatic rings. The van der Waals surface area contributed by atoms with Crippen LogP contribution < -0.4 is 9.47 Å². The molecule has 3 nitrogen and oxygen atoms in total. The van der Waals surface area contributed by atoms with Crippen molar-refractivity contribution in [3.05, 3.63) is 22.6 Å². The maximum atomic E-state index is 11.1. The topological polar surface area (TPSA) is 35.5 Å². The number of carbonyl (C=O) groups is 1. The number of hydrogen-bond donors (Lipinski definition) is 0. The number of fused-ring (bicyclic) bond motifs is 1. The average molecular weight is 250 g/mol. The molecule has 1 aromatic heterocycles. The number of benzene rings is 1. The molecule has 90 valence electrons. The number of ether oxygens (including phenoxy) is 2. The van der Waals surface area contributed by atoms with Crippen molar-refractivity contribution in [2.45, 2.75) is 20.8 Å². The fourth-order valence-electron chi connectivity index (χ4n) is 1.86. The lowest BCUT2D eigenvalue weighted by atomic mass is 10.1. The van der Waals surface area contributed by atoms with E-state index >= 15 is 0 Å². The van der Waals surface area contributed by atoms with Crippen LogP contribution in [0.1, 0.15) is 17.4 Å². The van der Waals surface area contributed by atoms with Gasteiger partial charge in [-0.2, -0.15) is 0 Å². The van der Waals surface area contributed by atoms with Gasteiger partial charge >= 0.3 is 5.97 Å². The molecule has 0 amide bonds. The van der Waals surface area contributed by atoms with Crippen LogP contribution in [0.3, 0.4) is 0 Å². The van der Waals surface area contributed by atoms with Crippen molar-refractivity contribution in [2.24, 2.45) is 0 Å². The zero-order valence-corrected chi connectivity index (χ0v) is 11.1. The molecule has 0 radical (unpaired) electrons. The lowest BCUT2D eigenvalue weighted by molar-refractivity contribution is -0.131. The standard InChI is InChI=1S/C13H14O3S/c1-7-11(15-4)6-5-10-12(16-9(3)14)8(2)17-13(7)10/h5-6H,1-4H3. The Morgan fingerprint density at radius 2 is 2.00 bits per heavy atom. The van der Waals surface area contributed by atoms with Gasteiger partial charge in [-0.3, -0.25) is 4.79 Å². The van der Waals surface area contributed by atoms with Gasteiger partial charge in [0.1, 0.15) is 5.75 Å². The van der Waals surface area contributed by atoms with E-state index in [1.165, 1.54) is 6.92 Å². The Morgan fingerprint density at radius 3 is 2.59 bits per heavy atom. The van der Waals surface area contributed by atoms with Gasteiger partial charge in [0.2, 0.25) is 0 Å². The number of rotatable bonds is 2. The van der Waals surface area contributed by atoms with Crippen LogP contribution in [0.15, 0.2) is 12.1 Å². The van der Waals surface area contributed by atoms with Crippen LogP contribution in [0.4, 0.5) is 0 Å². The number of thiophene rings is 1. The summed E-state index contributed by atoms with van der Waals surface area (Å²) in [5, 5.41) is 0.973. The molecule has 2 aromatic rings. The van der Waals surface area contributed by atoms with E-state index in [4.69, 9.17) is 9.47 Å². The zero-order valence-electron chi connectivity index (χ0n) is 10.3. The number of esters is 1. The highest BCUT2D eigenvalue weighted by molar-refractivity contribution is 7.19. The van der Waals surface area contributed by atoms with E-state index in [-0.39, 0.29) is 5.97 Å². The van der Waals surface area contributed by atoms with Crippen LogP contribution in [-0.2, 0) is 4.79 Å². The highest BCUT2D eigenvalue weighted by atomic mass is 32.1. The van der Waals surface area contributed by atoms with Gasteiger partial charge in [0, 0.05) is 27.5 Å². The molecule has 0 N–H and O–H groups in total. The monoisotopic (exact) mass is 250 g/mol. The predicted octanol–water partition coefficient (Wildman–Crippen LogP) is 3.45. The third-order valence-electron chi connectivity index (χ3n) is 2.64. The van der Waals surface area contributed by atoms with Gasteiger partial charge in [-0.1, -0.05) is 0 Å². The molecule has 1 heterocycles. The quantitative estimate of drug-likeness (QED) is 0.766. The van der Waals surface area contributed by atoms with Crippen molar-refractivity contribution in [3.8, 4) is 11.5 Å². The van der Waals surface area contributed by atoms with Gasteiger partial charge in [0.15, 0.2) is 5.75 Å². The number of carbonyl (C=O) groups excluding carboxylic acids is 1.